The van der Waals surface area contributed by atoms with Gasteiger partial charge in [-0.25, -0.2) is 8.78 Å². The molecule has 6 heteroatoms. The van der Waals surface area contributed by atoms with Crippen molar-refractivity contribution in [3.05, 3.63) is 69.1 Å². The number of hydrogen-bond donors (Lipinski definition) is 0. The molecule has 0 N–H and O–H groups in total. The number of nitroso groups, excluding NO2 is 1. The van der Waals surface area contributed by atoms with Crippen molar-refractivity contribution in [3.63, 3.8) is 0 Å². The maximum absolute atomic E-state index is 13.1. The standard InChI is InChI=1S/C16H13ClF2NO2/c1-20(22)16-9-11(2-4-13(16)17)7-12(21)6-10-3-5-14(18)15(19)8-10/h2-5,8-9H,6-7H2,1H3/q+1. The van der Waals surface area contributed by atoms with Crippen LogP contribution in [0, 0.1) is 16.5 Å². The predicted molar refractivity (Wildman–Crippen MR) is 79.4 cm³/mol. The second kappa shape index (κ2) is 6.75. The summed E-state index contributed by atoms with van der Waals surface area (Å²) in [5.41, 5.74) is 1.31. The highest BCUT2D eigenvalue weighted by atomic mass is 35.5. The Hall–Kier alpha value is -2.14. The lowest BCUT2D eigenvalue weighted by Gasteiger charge is -2.03. The second-order valence-electron chi connectivity index (χ2n) is 4.92. The van der Waals surface area contributed by atoms with Gasteiger partial charge in [0.05, 0.1) is 0 Å². The minimum atomic E-state index is -0.980. The summed E-state index contributed by atoms with van der Waals surface area (Å²) in [4.78, 5) is 23.3. The van der Waals surface area contributed by atoms with E-state index >= 15 is 0 Å². The third kappa shape index (κ3) is 3.95. The van der Waals surface area contributed by atoms with Crippen LogP contribution in [0.1, 0.15) is 11.1 Å². The molecular weight excluding hydrogens is 312 g/mol. The number of hydrogen-bond acceptors (Lipinski definition) is 2. The van der Waals surface area contributed by atoms with Crippen molar-refractivity contribution in [3.8, 4) is 0 Å². The van der Waals surface area contributed by atoms with Crippen LogP contribution in [0.25, 0.3) is 0 Å². The quantitative estimate of drug-likeness (QED) is 0.779. The lowest BCUT2D eigenvalue weighted by Crippen LogP contribution is -2.07. The van der Waals surface area contributed by atoms with Crippen LogP contribution in [0.3, 0.4) is 0 Å². The number of carbonyl (C=O) groups is 1. The zero-order chi connectivity index (χ0) is 16.3. The fraction of sp³-hybridized carbons (Fsp3) is 0.188. The predicted octanol–water partition coefficient (Wildman–Crippen LogP) is 4.01. The summed E-state index contributed by atoms with van der Waals surface area (Å²) in [5.74, 6) is -2.10. The molecule has 0 radical (unpaired) electrons. The Balaban J connectivity index is 2.10. The lowest BCUT2D eigenvalue weighted by molar-refractivity contribution is -0.428. The normalized spacial score (nSPS) is 10.5. The molecule has 0 atom stereocenters. The smallest absolute Gasteiger partial charge is 0.274 e. The van der Waals surface area contributed by atoms with Crippen molar-refractivity contribution in [2.45, 2.75) is 12.8 Å². The van der Waals surface area contributed by atoms with E-state index in [0.717, 1.165) is 12.1 Å². The highest BCUT2D eigenvalue weighted by Crippen LogP contribution is 2.25. The molecule has 0 fully saturated rings. The van der Waals surface area contributed by atoms with E-state index < -0.39 is 11.6 Å². The zero-order valence-corrected chi connectivity index (χ0v) is 12.5. The van der Waals surface area contributed by atoms with Crippen LogP contribution in [-0.2, 0) is 17.6 Å². The molecule has 0 aliphatic rings. The first-order chi connectivity index (χ1) is 10.4. The molecule has 0 aliphatic carbocycles. The van der Waals surface area contributed by atoms with Crippen molar-refractivity contribution in [2.75, 3.05) is 7.05 Å². The Morgan fingerprint density at radius 3 is 2.23 bits per heavy atom. The van der Waals surface area contributed by atoms with Crippen LogP contribution in [0.15, 0.2) is 36.4 Å². The number of ketones is 1. The highest BCUT2D eigenvalue weighted by molar-refractivity contribution is 6.32. The zero-order valence-electron chi connectivity index (χ0n) is 11.8. The number of benzene rings is 2. The molecule has 0 spiro atoms. The van der Waals surface area contributed by atoms with Gasteiger partial charge in [-0.1, -0.05) is 23.7 Å². The van der Waals surface area contributed by atoms with Gasteiger partial charge in [0.1, 0.15) is 10.8 Å². The molecular formula is C16H13ClF2NO2+. The van der Waals surface area contributed by atoms with Gasteiger partial charge in [0, 0.05) is 28.6 Å². The maximum Gasteiger partial charge on any atom is 0.274 e. The van der Waals surface area contributed by atoms with Crippen molar-refractivity contribution in [1.82, 2.24) is 0 Å². The molecule has 0 amide bonds. The molecule has 0 aromatic heterocycles. The molecule has 0 saturated heterocycles. The van der Waals surface area contributed by atoms with Crippen LogP contribution in [0.4, 0.5) is 14.5 Å². The van der Waals surface area contributed by atoms with Gasteiger partial charge in [0.2, 0.25) is 0 Å². The Bertz CT molecular complexity index is 747. The molecule has 22 heavy (non-hydrogen) atoms. The van der Waals surface area contributed by atoms with E-state index in [2.05, 4.69) is 0 Å². The van der Waals surface area contributed by atoms with Crippen LogP contribution in [-0.4, -0.2) is 17.6 Å². The van der Waals surface area contributed by atoms with E-state index in [-0.39, 0.29) is 24.3 Å². The average Bonchev–Trinajstić information content (AvgIpc) is 2.44. The number of nitrogens with zero attached hydrogens (tertiary/aromatic N) is 1. The van der Waals surface area contributed by atoms with E-state index in [4.69, 9.17) is 11.6 Å². The van der Waals surface area contributed by atoms with Crippen molar-refractivity contribution in [1.29, 1.82) is 0 Å². The summed E-state index contributed by atoms with van der Waals surface area (Å²) in [6.07, 6.45) is 0.0688. The molecule has 0 saturated carbocycles. The summed E-state index contributed by atoms with van der Waals surface area (Å²) in [5, 5.41) is 0.300. The Morgan fingerprint density at radius 2 is 1.64 bits per heavy atom. The van der Waals surface area contributed by atoms with E-state index in [9.17, 15) is 18.5 Å². The van der Waals surface area contributed by atoms with Crippen LogP contribution < -0.4 is 0 Å². The van der Waals surface area contributed by atoms with Gasteiger partial charge in [0.15, 0.2) is 18.7 Å². The number of rotatable bonds is 5. The molecule has 114 valence electrons. The molecule has 2 aromatic rings. The fourth-order valence-electron chi connectivity index (χ4n) is 2.08. The monoisotopic (exact) mass is 324 g/mol. The number of carbonyl (C=O) groups excluding carboxylic acids is 1. The van der Waals surface area contributed by atoms with E-state index in [1.54, 1.807) is 18.2 Å². The van der Waals surface area contributed by atoms with E-state index in [1.807, 2.05) is 0 Å². The maximum atomic E-state index is 13.1. The number of halogens is 3. The lowest BCUT2D eigenvalue weighted by atomic mass is 10.0. The van der Waals surface area contributed by atoms with Gasteiger partial charge < -0.3 is 0 Å². The average molecular weight is 325 g/mol. The van der Waals surface area contributed by atoms with E-state index in [0.29, 0.717) is 20.9 Å². The van der Waals surface area contributed by atoms with Gasteiger partial charge >= 0.3 is 0 Å². The van der Waals surface area contributed by atoms with Gasteiger partial charge in [-0.3, -0.25) is 4.79 Å². The molecule has 0 heterocycles. The molecule has 2 rings (SSSR count). The Labute approximate surface area is 131 Å². The second-order valence-corrected chi connectivity index (χ2v) is 5.33. The van der Waals surface area contributed by atoms with Gasteiger partial charge in [-0.05, 0) is 29.3 Å². The van der Waals surface area contributed by atoms with Crippen LogP contribution in [0.5, 0.6) is 0 Å². The SMILES string of the molecule is C[N+](=O)c1cc(CC(=O)Cc2ccc(F)c(F)c2)ccc1Cl. The first-order valence-electron chi connectivity index (χ1n) is 6.51. The molecule has 0 aliphatic heterocycles. The summed E-state index contributed by atoms with van der Waals surface area (Å²) in [6, 6.07) is 8.11. The van der Waals surface area contributed by atoms with Crippen LogP contribution in [0.2, 0.25) is 5.02 Å². The summed E-state index contributed by atoms with van der Waals surface area (Å²) >= 11 is 5.89. The van der Waals surface area contributed by atoms with Gasteiger partial charge in [0.25, 0.3) is 5.69 Å². The molecule has 0 unspecified atom stereocenters. The topological polar surface area (TPSA) is 37.1 Å². The Kier molecular flexibility index (Phi) is 4.98. The highest BCUT2D eigenvalue weighted by Gasteiger charge is 2.15. The third-order valence-electron chi connectivity index (χ3n) is 3.14. The van der Waals surface area contributed by atoms with Crippen molar-refractivity contribution >= 4 is 23.1 Å². The van der Waals surface area contributed by atoms with Crippen molar-refractivity contribution in [2.24, 2.45) is 0 Å². The first-order valence-corrected chi connectivity index (χ1v) is 6.89. The molecule has 2 aromatic carbocycles. The van der Waals surface area contributed by atoms with Gasteiger partial charge in [-0.2, -0.15) is 0 Å². The fourth-order valence-corrected chi connectivity index (χ4v) is 2.31. The van der Waals surface area contributed by atoms with Crippen LogP contribution >= 0.6 is 11.6 Å². The minimum Gasteiger partial charge on any atom is -0.299 e. The van der Waals surface area contributed by atoms with E-state index in [1.165, 1.54) is 13.1 Å². The number of Topliss-reactive ketones (excluding diaryl/α,β-unsaturated/α-hetero) is 1. The largest absolute Gasteiger partial charge is 0.299 e. The van der Waals surface area contributed by atoms with Crippen molar-refractivity contribution < 1.29 is 18.3 Å². The van der Waals surface area contributed by atoms with Gasteiger partial charge in [-0.15, -0.1) is 0 Å². The summed E-state index contributed by atoms with van der Waals surface area (Å²) < 4.78 is 26.6. The first kappa shape index (κ1) is 16.2. The summed E-state index contributed by atoms with van der Waals surface area (Å²) in [7, 11) is 1.31. The Morgan fingerprint density at radius 1 is 1.05 bits per heavy atom. The minimum absolute atomic E-state index is 0.0115. The molecule has 0 bridgehead atoms. The summed E-state index contributed by atoms with van der Waals surface area (Å²) in [6.45, 7) is 0. The molecule has 3 nitrogen and oxygen atoms in total. The third-order valence-corrected chi connectivity index (χ3v) is 3.46.